The summed E-state index contributed by atoms with van der Waals surface area (Å²) in [6, 6.07) is 2.42. The fraction of sp³-hybridized carbons (Fsp3) is 0.385. The van der Waals surface area contributed by atoms with E-state index >= 15 is 0 Å². The minimum absolute atomic E-state index is 0.355. The Morgan fingerprint density at radius 2 is 2.12 bits per heavy atom. The molecule has 0 fully saturated rings. The molecule has 0 atom stereocenters. The van der Waals surface area contributed by atoms with Gasteiger partial charge in [0.05, 0.1) is 12.4 Å². The SMILES string of the molecule is Cc1cncc(COc2cnn(C(C)C)c2)c1. The van der Waals surface area contributed by atoms with E-state index in [1.54, 1.807) is 6.20 Å². The van der Waals surface area contributed by atoms with Gasteiger partial charge in [0.1, 0.15) is 6.61 Å². The van der Waals surface area contributed by atoms with Gasteiger partial charge in [0.2, 0.25) is 0 Å². The number of nitrogens with zero attached hydrogens (tertiary/aromatic N) is 3. The fourth-order valence-corrected chi connectivity index (χ4v) is 1.54. The van der Waals surface area contributed by atoms with E-state index in [4.69, 9.17) is 4.74 Å². The van der Waals surface area contributed by atoms with Crippen LogP contribution in [0.4, 0.5) is 0 Å². The minimum atomic E-state index is 0.355. The predicted octanol–water partition coefficient (Wildman–Crippen LogP) is 2.75. The van der Waals surface area contributed by atoms with Gasteiger partial charge in [-0.05, 0) is 32.4 Å². The van der Waals surface area contributed by atoms with Crippen LogP contribution in [0.25, 0.3) is 0 Å². The molecule has 0 aliphatic heterocycles. The van der Waals surface area contributed by atoms with Gasteiger partial charge in [0, 0.05) is 24.0 Å². The average Bonchev–Trinajstić information content (AvgIpc) is 2.75. The normalized spacial score (nSPS) is 10.8. The lowest BCUT2D eigenvalue weighted by Crippen LogP contribution is -2.00. The van der Waals surface area contributed by atoms with Crippen molar-refractivity contribution in [2.75, 3.05) is 0 Å². The zero-order valence-corrected chi connectivity index (χ0v) is 10.4. The first-order valence-electron chi connectivity index (χ1n) is 5.72. The van der Waals surface area contributed by atoms with Crippen LogP contribution in [0.3, 0.4) is 0 Å². The summed E-state index contributed by atoms with van der Waals surface area (Å²) in [4.78, 5) is 4.13. The van der Waals surface area contributed by atoms with Crippen molar-refractivity contribution in [3.8, 4) is 5.75 Å². The highest BCUT2D eigenvalue weighted by Crippen LogP contribution is 2.14. The van der Waals surface area contributed by atoms with Crippen LogP contribution in [-0.2, 0) is 6.61 Å². The van der Waals surface area contributed by atoms with E-state index in [1.807, 2.05) is 30.2 Å². The Bertz CT molecular complexity index is 491. The third-order valence-electron chi connectivity index (χ3n) is 2.44. The third kappa shape index (κ3) is 3.06. The van der Waals surface area contributed by atoms with Crippen LogP contribution in [0.5, 0.6) is 5.75 Å². The van der Waals surface area contributed by atoms with Crippen molar-refractivity contribution in [3.63, 3.8) is 0 Å². The van der Waals surface area contributed by atoms with Crippen molar-refractivity contribution >= 4 is 0 Å². The molecule has 2 rings (SSSR count). The van der Waals surface area contributed by atoms with Gasteiger partial charge in [-0.1, -0.05) is 0 Å². The van der Waals surface area contributed by atoms with Gasteiger partial charge < -0.3 is 4.74 Å². The number of rotatable bonds is 4. The fourth-order valence-electron chi connectivity index (χ4n) is 1.54. The van der Waals surface area contributed by atoms with Gasteiger partial charge in [0.15, 0.2) is 5.75 Å². The highest BCUT2D eigenvalue weighted by atomic mass is 16.5. The first-order chi connectivity index (χ1) is 8.15. The smallest absolute Gasteiger partial charge is 0.157 e. The van der Waals surface area contributed by atoms with Crippen LogP contribution in [0.1, 0.15) is 31.0 Å². The Hall–Kier alpha value is -1.84. The average molecular weight is 231 g/mol. The van der Waals surface area contributed by atoms with Gasteiger partial charge in [0.25, 0.3) is 0 Å². The monoisotopic (exact) mass is 231 g/mol. The number of pyridine rings is 1. The molecular weight excluding hydrogens is 214 g/mol. The van der Waals surface area contributed by atoms with Crippen molar-refractivity contribution in [3.05, 3.63) is 42.0 Å². The first kappa shape index (κ1) is 11.6. The summed E-state index contributed by atoms with van der Waals surface area (Å²) in [5.74, 6) is 0.792. The third-order valence-corrected chi connectivity index (χ3v) is 2.44. The minimum Gasteiger partial charge on any atom is -0.486 e. The largest absolute Gasteiger partial charge is 0.486 e. The number of hydrogen-bond donors (Lipinski definition) is 0. The highest BCUT2D eigenvalue weighted by molar-refractivity contribution is 5.18. The number of ether oxygens (including phenoxy) is 1. The lowest BCUT2D eigenvalue weighted by molar-refractivity contribution is 0.305. The molecule has 0 N–H and O–H groups in total. The zero-order chi connectivity index (χ0) is 12.3. The summed E-state index contributed by atoms with van der Waals surface area (Å²) in [7, 11) is 0. The maximum absolute atomic E-state index is 5.65. The summed E-state index contributed by atoms with van der Waals surface area (Å²) in [6.45, 7) is 6.72. The molecule has 0 spiro atoms. The molecule has 17 heavy (non-hydrogen) atoms. The molecule has 0 amide bonds. The predicted molar refractivity (Wildman–Crippen MR) is 65.9 cm³/mol. The first-order valence-corrected chi connectivity index (χ1v) is 5.72. The van der Waals surface area contributed by atoms with Crippen molar-refractivity contribution in [2.45, 2.75) is 33.4 Å². The lowest BCUT2D eigenvalue weighted by atomic mass is 10.2. The summed E-state index contributed by atoms with van der Waals surface area (Å²) in [6.07, 6.45) is 7.30. The summed E-state index contributed by atoms with van der Waals surface area (Å²) >= 11 is 0. The Labute approximate surface area is 101 Å². The maximum Gasteiger partial charge on any atom is 0.157 e. The Kier molecular flexibility index (Phi) is 3.42. The van der Waals surface area contributed by atoms with E-state index < -0.39 is 0 Å². The van der Waals surface area contributed by atoms with Gasteiger partial charge in [-0.2, -0.15) is 5.10 Å². The second kappa shape index (κ2) is 4.99. The lowest BCUT2D eigenvalue weighted by Gasteiger charge is -2.05. The van der Waals surface area contributed by atoms with Crippen molar-refractivity contribution < 1.29 is 4.74 Å². The van der Waals surface area contributed by atoms with E-state index in [9.17, 15) is 0 Å². The molecule has 0 aliphatic carbocycles. The molecule has 4 heteroatoms. The number of hydrogen-bond acceptors (Lipinski definition) is 3. The van der Waals surface area contributed by atoms with Crippen LogP contribution in [0.15, 0.2) is 30.9 Å². The second-order valence-corrected chi connectivity index (χ2v) is 4.41. The Morgan fingerprint density at radius 1 is 1.29 bits per heavy atom. The molecule has 4 nitrogen and oxygen atoms in total. The molecule has 0 bridgehead atoms. The van der Waals surface area contributed by atoms with Crippen molar-refractivity contribution in [1.29, 1.82) is 0 Å². The molecule has 2 aromatic heterocycles. The summed E-state index contributed by atoms with van der Waals surface area (Å²) in [5, 5.41) is 4.22. The molecule has 90 valence electrons. The second-order valence-electron chi connectivity index (χ2n) is 4.41. The van der Waals surface area contributed by atoms with Gasteiger partial charge >= 0.3 is 0 Å². The molecule has 2 aromatic rings. The van der Waals surface area contributed by atoms with Crippen LogP contribution in [0, 0.1) is 6.92 Å². The van der Waals surface area contributed by atoms with Crippen LogP contribution < -0.4 is 4.74 Å². The van der Waals surface area contributed by atoms with Crippen molar-refractivity contribution in [2.24, 2.45) is 0 Å². The molecule has 0 saturated carbocycles. The molecule has 2 heterocycles. The highest BCUT2D eigenvalue weighted by Gasteiger charge is 2.03. The zero-order valence-electron chi connectivity index (χ0n) is 10.4. The Morgan fingerprint density at radius 3 is 2.76 bits per heavy atom. The number of aromatic nitrogens is 3. The maximum atomic E-state index is 5.65. The quantitative estimate of drug-likeness (QED) is 0.812. The van der Waals surface area contributed by atoms with Gasteiger partial charge in [-0.25, -0.2) is 0 Å². The van der Waals surface area contributed by atoms with Crippen LogP contribution >= 0.6 is 0 Å². The molecule has 0 saturated heterocycles. The van der Waals surface area contributed by atoms with Crippen LogP contribution in [-0.4, -0.2) is 14.8 Å². The standard InChI is InChI=1S/C13H17N3O/c1-10(2)16-8-13(7-15-16)17-9-12-4-11(3)5-14-6-12/h4-8,10H,9H2,1-3H3. The van der Waals surface area contributed by atoms with Gasteiger partial charge in [-0.3, -0.25) is 9.67 Å². The van der Waals surface area contributed by atoms with Crippen molar-refractivity contribution in [1.82, 2.24) is 14.8 Å². The van der Waals surface area contributed by atoms with E-state index in [0.717, 1.165) is 16.9 Å². The molecular formula is C13H17N3O. The topological polar surface area (TPSA) is 39.9 Å². The van der Waals surface area contributed by atoms with E-state index in [2.05, 4.69) is 30.0 Å². The van der Waals surface area contributed by atoms with E-state index in [1.165, 1.54) is 0 Å². The molecule has 0 radical (unpaired) electrons. The number of aryl methyl sites for hydroxylation is 1. The van der Waals surface area contributed by atoms with Gasteiger partial charge in [-0.15, -0.1) is 0 Å². The van der Waals surface area contributed by atoms with Crippen LogP contribution in [0.2, 0.25) is 0 Å². The Balaban J connectivity index is 1.97. The van der Waals surface area contributed by atoms with E-state index in [-0.39, 0.29) is 0 Å². The summed E-state index contributed by atoms with van der Waals surface area (Å²) < 4.78 is 7.53. The molecule has 0 aliphatic rings. The molecule has 0 unspecified atom stereocenters. The van der Waals surface area contributed by atoms with E-state index in [0.29, 0.717) is 12.6 Å². The summed E-state index contributed by atoms with van der Waals surface area (Å²) in [5.41, 5.74) is 2.21. The molecule has 0 aromatic carbocycles.